The van der Waals surface area contributed by atoms with E-state index in [4.69, 9.17) is 4.74 Å². The Balaban J connectivity index is 0.00000116. The molecule has 7 nitrogen and oxygen atoms in total. The zero-order valence-corrected chi connectivity index (χ0v) is 12.8. The number of nitrogens with zero attached hydrogens (tertiary/aromatic N) is 1. The van der Waals surface area contributed by atoms with Gasteiger partial charge in [-0.15, -0.1) is 0 Å². The van der Waals surface area contributed by atoms with E-state index in [9.17, 15) is 29.9 Å². The summed E-state index contributed by atoms with van der Waals surface area (Å²) in [5, 5.41) is 49.0. The van der Waals surface area contributed by atoms with Gasteiger partial charge in [-0.3, -0.25) is 0 Å². The number of hydrogen-bond acceptors (Lipinski definition) is 7. The molecule has 0 aromatic heterocycles. The predicted octanol–water partition coefficient (Wildman–Crippen LogP) is 0.704. The Hall–Kier alpha value is -1.61. The summed E-state index contributed by atoms with van der Waals surface area (Å²) in [6.07, 6.45) is 0. The molecule has 1 aromatic carbocycles. The number of ether oxygens (including phenoxy) is 1. The van der Waals surface area contributed by atoms with E-state index in [1.54, 1.807) is 0 Å². The van der Waals surface area contributed by atoms with Gasteiger partial charge in [0.15, 0.2) is 11.5 Å². The van der Waals surface area contributed by atoms with Crippen molar-refractivity contribution in [3.8, 4) is 17.2 Å². The zero-order chi connectivity index (χ0) is 17.1. The second-order valence-corrected chi connectivity index (χ2v) is 4.59. The number of rotatable bonds is 2. The van der Waals surface area contributed by atoms with Crippen molar-refractivity contribution in [1.29, 1.82) is 0 Å². The third kappa shape index (κ3) is 3.09. The van der Waals surface area contributed by atoms with Crippen molar-refractivity contribution in [3.05, 3.63) is 16.9 Å². The normalized spacial score (nSPS) is 16.1. The molecule has 0 spiro atoms. The van der Waals surface area contributed by atoms with Gasteiger partial charge in [-0.1, -0.05) is 13.8 Å². The molecule has 126 valence electrons. The average molecular weight is 319 g/mol. The van der Waals surface area contributed by atoms with Crippen molar-refractivity contribution in [1.82, 2.24) is 4.90 Å². The monoisotopic (exact) mass is 319 g/mol. The van der Waals surface area contributed by atoms with Gasteiger partial charge < -0.3 is 30.3 Å². The maximum Gasteiger partial charge on any atom is 0.260 e. The Morgan fingerprint density at radius 3 is 2.00 bits per heavy atom. The second kappa shape index (κ2) is 7.10. The predicted molar refractivity (Wildman–Crippen MR) is 76.0 cm³/mol. The van der Waals surface area contributed by atoms with Gasteiger partial charge in [0.2, 0.25) is 5.75 Å². The summed E-state index contributed by atoms with van der Waals surface area (Å²) >= 11 is 0. The smallest absolute Gasteiger partial charge is 0.260 e. The number of morpholine rings is 1. The Kier molecular flexibility index (Phi) is 5.95. The van der Waals surface area contributed by atoms with Gasteiger partial charge in [0.1, 0.15) is 11.4 Å². The lowest BCUT2D eigenvalue weighted by Gasteiger charge is -2.38. The lowest BCUT2D eigenvalue weighted by molar-refractivity contribution is -0.288. The van der Waals surface area contributed by atoms with Crippen molar-refractivity contribution in [3.63, 3.8) is 0 Å². The Labute approximate surface area is 127 Å². The topological polar surface area (TPSA) is 114 Å². The maximum atomic E-state index is 14.1. The first-order valence-corrected chi connectivity index (χ1v) is 6.99. The minimum Gasteiger partial charge on any atom is -0.504 e. The highest BCUT2D eigenvalue weighted by Gasteiger charge is 2.42. The van der Waals surface area contributed by atoms with E-state index in [0.717, 1.165) is 11.8 Å². The number of aliphatic hydroxyl groups is 2. The van der Waals surface area contributed by atoms with Gasteiger partial charge in [0, 0.05) is 18.7 Å². The van der Waals surface area contributed by atoms with Crippen LogP contribution in [0, 0.1) is 12.7 Å². The molecule has 1 aromatic rings. The van der Waals surface area contributed by atoms with Crippen LogP contribution >= 0.6 is 0 Å². The molecule has 8 heteroatoms. The van der Waals surface area contributed by atoms with Crippen molar-refractivity contribution >= 4 is 0 Å². The molecule has 5 N–H and O–H groups in total. The van der Waals surface area contributed by atoms with E-state index in [2.05, 4.69) is 0 Å². The van der Waals surface area contributed by atoms with Crippen LogP contribution in [-0.4, -0.2) is 56.7 Å². The van der Waals surface area contributed by atoms with Crippen LogP contribution in [0.25, 0.3) is 0 Å². The molecule has 0 unspecified atom stereocenters. The van der Waals surface area contributed by atoms with Crippen molar-refractivity contribution < 1.29 is 34.7 Å². The van der Waals surface area contributed by atoms with Crippen LogP contribution < -0.4 is 0 Å². The molecule has 0 aliphatic carbocycles. The van der Waals surface area contributed by atoms with Gasteiger partial charge in [-0.25, -0.2) is 9.29 Å². The first-order valence-electron chi connectivity index (χ1n) is 6.99. The van der Waals surface area contributed by atoms with Gasteiger partial charge in [-0.2, -0.15) is 0 Å². The van der Waals surface area contributed by atoms with Crippen LogP contribution in [-0.2, 0) is 10.6 Å². The quantitative estimate of drug-likeness (QED) is 0.403. The maximum absolute atomic E-state index is 14.1. The molecule has 0 saturated carbocycles. The van der Waals surface area contributed by atoms with E-state index in [1.807, 2.05) is 13.8 Å². The number of hydrogen-bond donors (Lipinski definition) is 5. The summed E-state index contributed by atoms with van der Waals surface area (Å²) < 4.78 is 19.2. The van der Waals surface area contributed by atoms with E-state index in [0.29, 0.717) is 0 Å². The molecule has 0 atom stereocenters. The highest BCUT2D eigenvalue weighted by molar-refractivity contribution is 5.59. The summed E-state index contributed by atoms with van der Waals surface area (Å²) in [7, 11) is 0. The molecule has 1 fully saturated rings. The van der Waals surface area contributed by atoms with Crippen LogP contribution in [0.3, 0.4) is 0 Å². The molecular formula is C14H22FNO6. The molecule has 1 heterocycles. The van der Waals surface area contributed by atoms with Crippen LogP contribution in [0.15, 0.2) is 0 Å². The summed E-state index contributed by atoms with van der Waals surface area (Å²) in [5.74, 6) is -6.98. The molecular weight excluding hydrogens is 297 g/mol. The lowest BCUT2D eigenvalue weighted by Crippen LogP contribution is -2.51. The van der Waals surface area contributed by atoms with Crippen molar-refractivity contribution in [2.75, 3.05) is 26.3 Å². The molecule has 22 heavy (non-hydrogen) atoms. The number of phenols is 3. The largest absolute Gasteiger partial charge is 0.504 e. The first-order chi connectivity index (χ1) is 10.3. The molecule has 1 aliphatic heterocycles. The first kappa shape index (κ1) is 18.4. The van der Waals surface area contributed by atoms with Crippen molar-refractivity contribution in [2.45, 2.75) is 26.7 Å². The number of phenolic OH excluding ortho intramolecular Hbond substituents is 3. The van der Waals surface area contributed by atoms with Crippen LogP contribution in [0.4, 0.5) is 4.39 Å². The minimum absolute atomic E-state index is 0.104. The Morgan fingerprint density at radius 2 is 1.50 bits per heavy atom. The molecule has 1 saturated heterocycles. The number of aromatic hydroxyl groups is 3. The summed E-state index contributed by atoms with van der Waals surface area (Å²) in [6, 6.07) is 0. The number of benzene rings is 1. The van der Waals surface area contributed by atoms with E-state index < -0.39 is 40.1 Å². The highest BCUT2D eigenvalue weighted by Crippen LogP contribution is 2.46. The summed E-state index contributed by atoms with van der Waals surface area (Å²) in [6.45, 7) is 5.78. The molecule has 0 radical (unpaired) electrons. The van der Waals surface area contributed by atoms with Gasteiger partial charge >= 0.3 is 0 Å². The van der Waals surface area contributed by atoms with Crippen LogP contribution in [0.2, 0.25) is 0 Å². The zero-order valence-electron chi connectivity index (χ0n) is 12.8. The molecule has 2 rings (SSSR count). The summed E-state index contributed by atoms with van der Waals surface area (Å²) in [4.78, 5) is 1.09. The fourth-order valence-corrected chi connectivity index (χ4v) is 2.14. The second-order valence-electron chi connectivity index (χ2n) is 4.59. The third-order valence-corrected chi connectivity index (χ3v) is 3.38. The standard InChI is InChI=1S/C12H16FNO6.C2H6/c1-6-8(13)7(10(16)11(17)9(6)15)12(18,19)14-2-4-20-5-3-14;1-2/h15-19H,2-5H2,1H3;1-2H3. The third-order valence-electron chi connectivity index (χ3n) is 3.38. The Morgan fingerprint density at radius 1 is 1.00 bits per heavy atom. The highest BCUT2D eigenvalue weighted by atomic mass is 19.1. The van der Waals surface area contributed by atoms with Crippen LogP contribution in [0.1, 0.15) is 25.0 Å². The molecule has 1 aliphatic rings. The Bertz CT molecular complexity index is 500. The fraction of sp³-hybridized carbons (Fsp3) is 0.571. The van der Waals surface area contributed by atoms with Crippen LogP contribution in [0.5, 0.6) is 17.2 Å². The van der Waals surface area contributed by atoms with Crippen molar-refractivity contribution in [2.24, 2.45) is 0 Å². The number of halogens is 1. The fourth-order valence-electron chi connectivity index (χ4n) is 2.14. The summed E-state index contributed by atoms with van der Waals surface area (Å²) in [5.41, 5.74) is -1.29. The van der Waals surface area contributed by atoms with E-state index in [1.165, 1.54) is 0 Å². The molecule has 0 amide bonds. The van der Waals surface area contributed by atoms with E-state index >= 15 is 0 Å². The van der Waals surface area contributed by atoms with Gasteiger partial charge in [-0.05, 0) is 6.92 Å². The minimum atomic E-state index is -2.83. The lowest BCUT2D eigenvalue weighted by atomic mass is 10.0. The SMILES string of the molecule is CC.Cc1c(O)c(O)c(O)c(C(O)(O)N2CCOCC2)c1F. The van der Waals surface area contributed by atoms with Gasteiger partial charge in [0.25, 0.3) is 5.91 Å². The van der Waals surface area contributed by atoms with Gasteiger partial charge in [0.05, 0.1) is 13.2 Å². The molecule has 0 bridgehead atoms. The average Bonchev–Trinajstić information content (AvgIpc) is 2.54. The van der Waals surface area contributed by atoms with E-state index in [-0.39, 0.29) is 26.3 Å².